The second-order valence-electron chi connectivity index (χ2n) is 9.38. The van der Waals surface area contributed by atoms with Crippen LogP contribution in [-0.4, -0.2) is 76.7 Å². The van der Waals surface area contributed by atoms with Crippen LogP contribution in [0.4, 0.5) is 0 Å². The number of aliphatic hydroxyl groups is 3. The van der Waals surface area contributed by atoms with Crippen molar-refractivity contribution in [1.29, 1.82) is 0 Å². The minimum absolute atomic E-state index is 0.0438. The van der Waals surface area contributed by atoms with Gasteiger partial charge in [-0.2, -0.15) is 0 Å². The Bertz CT molecular complexity index is 833. The van der Waals surface area contributed by atoms with Gasteiger partial charge in [-0.15, -0.1) is 0 Å². The first kappa shape index (κ1) is 21.6. The molecule has 2 fully saturated rings. The van der Waals surface area contributed by atoms with Crippen LogP contribution in [0.5, 0.6) is 11.5 Å². The van der Waals surface area contributed by atoms with E-state index in [1.54, 1.807) is 21.0 Å². The second kappa shape index (κ2) is 7.48. The summed E-state index contributed by atoms with van der Waals surface area (Å²) in [6.45, 7) is 4.19. The van der Waals surface area contributed by atoms with Crippen molar-refractivity contribution in [2.24, 2.45) is 0 Å². The predicted octanol–water partition coefficient (Wildman–Crippen LogP) is 1.19. The minimum atomic E-state index is -0.900. The molecule has 2 unspecified atom stereocenters. The number of methoxy groups -OCH3 is 1. The Kier molecular flexibility index (Phi) is 5.37. The van der Waals surface area contributed by atoms with Crippen LogP contribution in [0, 0.1) is 0 Å². The van der Waals surface area contributed by atoms with Crippen LogP contribution in [-0.2, 0) is 16.6 Å². The van der Waals surface area contributed by atoms with E-state index in [1.807, 2.05) is 6.07 Å². The molecule has 0 amide bonds. The van der Waals surface area contributed by atoms with Crippen molar-refractivity contribution in [3.63, 3.8) is 0 Å². The Morgan fingerprint density at radius 3 is 2.57 bits per heavy atom. The normalized spacial score (nSPS) is 35.5. The Morgan fingerprint density at radius 2 is 1.97 bits per heavy atom. The van der Waals surface area contributed by atoms with Gasteiger partial charge in [-0.3, -0.25) is 4.79 Å². The van der Waals surface area contributed by atoms with Gasteiger partial charge in [0.2, 0.25) is 0 Å². The van der Waals surface area contributed by atoms with E-state index in [2.05, 4.69) is 18.0 Å². The molecule has 1 saturated heterocycles. The summed E-state index contributed by atoms with van der Waals surface area (Å²) >= 11 is 0. The molecule has 1 spiro atoms. The zero-order valence-corrected chi connectivity index (χ0v) is 18.2. The van der Waals surface area contributed by atoms with E-state index in [0.717, 1.165) is 24.9 Å². The van der Waals surface area contributed by atoms with Crippen LogP contribution in [0.3, 0.4) is 0 Å². The van der Waals surface area contributed by atoms with Crippen molar-refractivity contribution in [3.05, 3.63) is 23.3 Å². The standard InChI is InChI=1S/C18H21NO4.C5H12O2/c1-19-8-7-17-14-10-3-4-12(22-2)15(14)23-16(17)11(20)5-6-18(17,21)13(19)9-10;1-4(6)3-5(2)7/h3-4,13,16,21H,5-9H2,1-2H3;4-7H,3H2,1-2H3/t13-,16+,17+,18-;/m1./s1. The van der Waals surface area contributed by atoms with Crippen LogP contribution in [0.25, 0.3) is 0 Å². The maximum absolute atomic E-state index is 12.7. The number of likely N-dealkylation sites (N-methyl/N-ethyl adjacent to an activating group) is 1. The third-order valence-electron chi connectivity index (χ3n) is 7.41. The highest BCUT2D eigenvalue weighted by molar-refractivity contribution is 5.90. The molecule has 0 radical (unpaired) electrons. The lowest BCUT2D eigenvalue weighted by Gasteiger charge is -2.62. The van der Waals surface area contributed by atoms with Gasteiger partial charge in [-0.1, -0.05) is 6.07 Å². The van der Waals surface area contributed by atoms with Gasteiger partial charge in [-0.05, 0) is 64.8 Å². The molecule has 166 valence electrons. The number of ether oxygens (including phenoxy) is 2. The third kappa shape index (κ3) is 2.90. The molecule has 6 atom stereocenters. The molecular weight excluding hydrogens is 386 g/mol. The van der Waals surface area contributed by atoms with Gasteiger partial charge in [-0.25, -0.2) is 0 Å². The van der Waals surface area contributed by atoms with Crippen LogP contribution in [0.1, 0.15) is 50.7 Å². The number of ketones is 1. The summed E-state index contributed by atoms with van der Waals surface area (Å²) in [6, 6.07) is 4.05. The number of nitrogens with zero attached hydrogens (tertiary/aromatic N) is 1. The van der Waals surface area contributed by atoms with Crippen LogP contribution >= 0.6 is 0 Å². The van der Waals surface area contributed by atoms with Crippen molar-refractivity contribution < 1.29 is 29.6 Å². The lowest BCUT2D eigenvalue weighted by Crippen LogP contribution is -2.76. The van der Waals surface area contributed by atoms with Crippen molar-refractivity contribution in [1.82, 2.24) is 4.90 Å². The third-order valence-corrected chi connectivity index (χ3v) is 7.41. The molecule has 2 bridgehead atoms. The molecule has 2 heterocycles. The Hall–Kier alpha value is -1.67. The number of benzene rings is 1. The van der Waals surface area contributed by atoms with E-state index in [1.165, 1.54) is 5.56 Å². The smallest absolute Gasteiger partial charge is 0.174 e. The van der Waals surface area contributed by atoms with Gasteiger partial charge in [0.25, 0.3) is 0 Å². The summed E-state index contributed by atoms with van der Waals surface area (Å²) in [5.41, 5.74) is 0.737. The van der Waals surface area contributed by atoms with E-state index in [0.29, 0.717) is 30.8 Å². The fourth-order valence-electron chi connectivity index (χ4n) is 6.18. The highest BCUT2D eigenvalue weighted by Crippen LogP contribution is 2.64. The Morgan fingerprint density at radius 1 is 1.27 bits per heavy atom. The summed E-state index contributed by atoms with van der Waals surface area (Å²) in [5.74, 6) is 1.47. The van der Waals surface area contributed by atoms with E-state index >= 15 is 0 Å². The maximum atomic E-state index is 12.7. The topological polar surface area (TPSA) is 99.5 Å². The SMILES string of the molecule is CC(O)CC(C)O.COc1ccc2c3c1O[C@H]1C(=O)CC[C@@]4(O)[C@@H](C2)N(C)CC[C@]314. The first-order valence-corrected chi connectivity index (χ1v) is 10.8. The molecule has 7 heteroatoms. The van der Waals surface area contributed by atoms with E-state index in [9.17, 15) is 9.90 Å². The summed E-state index contributed by atoms with van der Waals surface area (Å²) < 4.78 is 11.6. The number of aliphatic hydroxyl groups excluding tert-OH is 2. The Balaban J connectivity index is 0.000000272. The first-order chi connectivity index (χ1) is 14.2. The van der Waals surface area contributed by atoms with Gasteiger partial charge < -0.3 is 29.7 Å². The molecule has 7 nitrogen and oxygen atoms in total. The molecular formula is C23H33NO6. The van der Waals surface area contributed by atoms with Crippen LogP contribution in [0.2, 0.25) is 0 Å². The van der Waals surface area contributed by atoms with E-state index in [-0.39, 0.29) is 24.0 Å². The largest absolute Gasteiger partial charge is 0.493 e. The number of carbonyl (C=O) groups is 1. The zero-order valence-electron chi connectivity index (χ0n) is 18.2. The quantitative estimate of drug-likeness (QED) is 0.677. The molecule has 5 rings (SSSR count). The molecule has 3 N–H and O–H groups in total. The molecule has 2 aliphatic heterocycles. The summed E-state index contributed by atoms with van der Waals surface area (Å²) in [5, 5.41) is 28.9. The van der Waals surface area contributed by atoms with Crippen LogP contribution < -0.4 is 9.47 Å². The molecule has 1 aromatic rings. The van der Waals surface area contributed by atoms with Gasteiger partial charge >= 0.3 is 0 Å². The van der Waals surface area contributed by atoms with Crippen molar-refractivity contribution >= 4 is 5.78 Å². The number of hydrogen-bond donors (Lipinski definition) is 3. The fraction of sp³-hybridized carbons (Fsp3) is 0.696. The lowest BCUT2D eigenvalue weighted by molar-refractivity contribution is -0.185. The zero-order chi connectivity index (χ0) is 21.8. The molecule has 1 saturated carbocycles. The number of piperidine rings is 1. The Labute approximate surface area is 177 Å². The first-order valence-electron chi connectivity index (χ1n) is 10.8. The average molecular weight is 420 g/mol. The molecule has 2 aliphatic carbocycles. The maximum Gasteiger partial charge on any atom is 0.174 e. The average Bonchev–Trinajstić information content (AvgIpc) is 3.03. The summed E-state index contributed by atoms with van der Waals surface area (Å²) in [7, 11) is 3.70. The van der Waals surface area contributed by atoms with Gasteiger partial charge in [0.15, 0.2) is 23.4 Å². The molecule has 4 aliphatic rings. The van der Waals surface area contributed by atoms with Crippen molar-refractivity contribution in [2.45, 2.75) is 81.3 Å². The highest BCUT2D eigenvalue weighted by atomic mass is 16.5. The number of rotatable bonds is 3. The molecule has 1 aromatic carbocycles. The number of likely N-dealkylation sites (tertiary alicyclic amines) is 1. The number of carbonyl (C=O) groups excluding carboxylic acids is 1. The number of Topliss-reactive ketones (excluding diaryl/α,β-unsaturated/α-hetero) is 1. The van der Waals surface area contributed by atoms with Gasteiger partial charge in [0.05, 0.1) is 30.3 Å². The molecule has 30 heavy (non-hydrogen) atoms. The van der Waals surface area contributed by atoms with Crippen LogP contribution in [0.15, 0.2) is 12.1 Å². The van der Waals surface area contributed by atoms with E-state index in [4.69, 9.17) is 19.7 Å². The minimum Gasteiger partial charge on any atom is -0.493 e. The second-order valence-corrected chi connectivity index (χ2v) is 9.38. The fourth-order valence-corrected chi connectivity index (χ4v) is 6.18. The number of hydrogen-bond acceptors (Lipinski definition) is 7. The lowest BCUT2D eigenvalue weighted by atomic mass is 9.49. The van der Waals surface area contributed by atoms with Gasteiger partial charge in [0, 0.05) is 18.0 Å². The highest BCUT2D eigenvalue weighted by Gasteiger charge is 2.72. The summed E-state index contributed by atoms with van der Waals surface area (Å²) in [4.78, 5) is 14.9. The van der Waals surface area contributed by atoms with Crippen molar-refractivity contribution in [2.75, 3.05) is 20.7 Å². The van der Waals surface area contributed by atoms with E-state index < -0.39 is 17.1 Å². The monoisotopic (exact) mass is 419 g/mol. The van der Waals surface area contributed by atoms with Crippen molar-refractivity contribution in [3.8, 4) is 11.5 Å². The molecule has 0 aromatic heterocycles. The summed E-state index contributed by atoms with van der Waals surface area (Å²) in [6.07, 6.45) is 1.61. The van der Waals surface area contributed by atoms with Gasteiger partial charge in [0.1, 0.15) is 0 Å². The predicted molar refractivity (Wildman–Crippen MR) is 111 cm³/mol.